The van der Waals surface area contributed by atoms with Crippen LogP contribution in [0.1, 0.15) is 52.4 Å². The SMILES string of the molecule is CC(C)CNS(=O)(=O)NCC1(N)CCCCCC1. The molecule has 1 aliphatic carbocycles. The van der Waals surface area contributed by atoms with Crippen LogP contribution in [0.15, 0.2) is 0 Å². The van der Waals surface area contributed by atoms with Gasteiger partial charge in [-0.15, -0.1) is 0 Å². The lowest BCUT2D eigenvalue weighted by molar-refractivity contribution is 0.368. The van der Waals surface area contributed by atoms with Gasteiger partial charge in [-0.1, -0.05) is 39.5 Å². The van der Waals surface area contributed by atoms with Crippen molar-refractivity contribution in [1.29, 1.82) is 0 Å². The third kappa shape index (κ3) is 6.13. The Labute approximate surface area is 111 Å². The van der Waals surface area contributed by atoms with Crippen LogP contribution in [0, 0.1) is 5.92 Å². The van der Waals surface area contributed by atoms with Gasteiger partial charge in [0.25, 0.3) is 10.2 Å². The van der Waals surface area contributed by atoms with Gasteiger partial charge in [-0.3, -0.25) is 0 Å². The smallest absolute Gasteiger partial charge is 0.276 e. The molecule has 0 heterocycles. The molecule has 5 nitrogen and oxygen atoms in total. The van der Waals surface area contributed by atoms with Gasteiger partial charge in [0.05, 0.1) is 0 Å². The van der Waals surface area contributed by atoms with Crippen LogP contribution in [0.4, 0.5) is 0 Å². The Kier molecular flexibility index (Phi) is 6.04. The number of rotatable bonds is 6. The van der Waals surface area contributed by atoms with E-state index in [-0.39, 0.29) is 5.54 Å². The average Bonchev–Trinajstić information content (AvgIpc) is 2.50. The van der Waals surface area contributed by atoms with E-state index in [9.17, 15) is 8.42 Å². The van der Waals surface area contributed by atoms with Crippen LogP contribution in [0.2, 0.25) is 0 Å². The highest BCUT2D eigenvalue weighted by molar-refractivity contribution is 7.87. The molecule has 0 unspecified atom stereocenters. The van der Waals surface area contributed by atoms with Gasteiger partial charge in [-0.25, -0.2) is 9.44 Å². The van der Waals surface area contributed by atoms with Gasteiger partial charge in [-0.05, 0) is 18.8 Å². The van der Waals surface area contributed by atoms with Crippen LogP contribution in [-0.2, 0) is 10.2 Å². The Bertz CT molecular complexity index is 333. The van der Waals surface area contributed by atoms with Gasteiger partial charge < -0.3 is 5.73 Å². The average molecular weight is 277 g/mol. The summed E-state index contributed by atoms with van der Waals surface area (Å²) >= 11 is 0. The second-order valence-corrected chi connectivity index (χ2v) is 7.43. The molecule has 0 radical (unpaired) electrons. The molecule has 1 fully saturated rings. The van der Waals surface area contributed by atoms with Crippen molar-refractivity contribution in [3.63, 3.8) is 0 Å². The van der Waals surface area contributed by atoms with Crippen LogP contribution in [0.5, 0.6) is 0 Å². The monoisotopic (exact) mass is 277 g/mol. The molecule has 1 aliphatic rings. The molecular formula is C12H27N3O2S. The van der Waals surface area contributed by atoms with Gasteiger partial charge in [0.15, 0.2) is 0 Å². The Morgan fingerprint density at radius 1 is 1.11 bits per heavy atom. The van der Waals surface area contributed by atoms with Crippen LogP contribution >= 0.6 is 0 Å². The highest BCUT2D eigenvalue weighted by Crippen LogP contribution is 2.24. The molecule has 1 saturated carbocycles. The van der Waals surface area contributed by atoms with Crippen molar-refractivity contribution in [3.8, 4) is 0 Å². The lowest BCUT2D eigenvalue weighted by Crippen LogP contribution is -2.52. The highest BCUT2D eigenvalue weighted by Gasteiger charge is 2.27. The summed E-state index contributed by atoms with van der Waals surface area (Å²) in [4.78, 5) is 0. The maximum absolute atomic E-state index is 11.7. The molecule has 6 heteroatoms. The minimum atomic E-state index is -3.41. The van der Waals surface area contributed by atoms with Crippen molar-refractivity contribution in [2.45, 2.75) is 57.9 Å². The Morgan fingerprint density at radius 3 is 2.17 bits per heavy atom. The molecular weight excluding hydrogens is 250 g/mol. The van der Waals surface area contributed by atoms with E-state index in [2.05, 4.69) is 9.44 Å². The highest BCUT2D eigenvalue weighted by atomic mass is 32.2. The summed E-state index contributed by atoms with van der Waals surface area (Å²) in [6.45, 7) is 4.73. The summed E-state index contributed by atoms with van der Waals surface area (Å²) < 4.78 is 28.6. The number of hydrogen-bond donors (Lipinski definition) is 3. The van der Waals surface area contributed by atoms with E-state index in [0.29, 0.717) is 19.0 Å². The molecule has 0 bridgehead atoms. The van der Waals surface area contributed by atoms with Crippen LogP contribution < -0.4 is 15.2 Å². The molecule has 0 aromatic heterocycles. The van der Waals surface area contributed by atoms with Crippen molar-refractivity contribution in [3.05, 3.63) is 0 Å². The molecule has 0 atom stereocenters. The van der Waals surface area contributed by atoms with Gasteiger partial charge in [0.1, 0.15) is 0 Å². The minimum Gasteiger partial charge on any atom is -0.324 e. The van der Waals surface area contributed by atoms with Crippen molar-refractivity contribution >= 4 is 10.2 Å². The van der Waals surface area contributed by atoms with Gasteiger partial charge in [0.2, 0.25) is 0 Å². The Hall–Kier alpha value is -0.170. The summed E-state index contributed by atoms with van der Waals surface area (Å²) in [6.07, 6.45) is 6.41. The molecule has 0 saturated heterocycles. The predicted octanol–water partition coefficient (Wildman–Crippen LogP) is 1.12. The largest absolute Gasteiger partial charge is 0.324 e. The van der Waals surface area contributed by atoms with E-state index in [1.807, 2.05) is 13.8 Å². The van der Waals surface area contributed by atoms with E-state index in [1.165, 1.54) is 12.8 Å². The number of nitrogens with two attached hydrogens (primary N) is 1. The maximum Gasteiger partial charge on any atom is 0.276 e. The van der Waals surface area contributed by atoms with E-state index in [1.54, 1.807) is 0 Å². The van der Waals surface area contributed by atoms with Crippen molar-refractivity contribution in [2.75, 3.05) is 13.1 Å². The van der Waals surface area contributed by atoms with E-state index in [0.717, 1.165) is 25.7 Å². The molecule has 18 heavy (non-hydrogen) atoms. The third-order valence-corrected chi connectivity index (χ3v) is 4.47. The predicted molar refractivity (Wildman–Crippen MR) is 74.4 cm³/mol. The molecule has 1 rings (SSSR count). The summed E-state index contributed by atoms with van der Waals surface area (Å²) in [6, 6.07) is 0. The zero-order chi connectivity index (χ0) is 13.6. The molecule has 0 spiro atoms. The van der Waals surface area contributed by atoms with Gasteiger partial charge in [-0.2, -0.15) is 8.42 Å². The first-order chi connectivity index (χ1) is 8.33. The second-order valence-electron chi connectivity index (χ2n) is 5.84. The van der Waals surface area contributed by atoms with E-state index in [4.69, 9.17) is 5.73 Å². The van der Waals surface area contributed by atoms with E-state index < -0.39 is 10.2 Å². The first-order valence-corrected chi connectivity index (χ1v) is 8.34. The fraction of sp³-hybridized carbons (Fsp3) is 1.00. The quantitative estimate of drug-likeness (QED) is 0.636. The first-order valence-electron chi connectivity index (χ1n) is 6.86. The van der Waals surface area contributed by atoms with Crippen molar-refractivity contribution in [1.82, 2.24) is 9.44 Å². The summed E-state index contributed by atoms with van der Waals surface area (Å²) in [5, 5.41) is 0. The fourth-order valence-corrected chi connectivity index (χ4v) is 3.31. The molecule has 0 aromatic carbocycles. The van der Waals surface area contributed by atoms with Crippen molar-refractivity contribution < 1.29 is 8.42 Å². The Balaban J connectivity index is 2.42. The summed E-state index contributed by atoms with van der Waals surface area (Å²) in [5.74, 6) is 0.297. The summed E-state index contributed by atoms with van der Waals surface area (Å²) in [7, 11) is -3.41. The van der Waals surface area contributed by atoms with Gasteiger partial charge in [0, 0.05) is 18.6 Å². The fourth-order valence-electron chi connectivity index (χ4n) is 2.18. The number of nitrogens with one attached hydrogen (secondary N) is 2. The second kappa shape index (κ2) is 6.84. The van der Waals surface area contributed by atoms with Crippen LogP contribution in [-0.4, -0.2) is 27.0 Å². The van der Waals surface area contributed by atoms with E-state index >= 15 is 0 Å². The number of hydrogen-bond acceptors (Lipinski definition) is 3. The zero-order valence-corrected chi connectivity index (χ0v) is 12.4. The normalized spacial score (nSPS) is 20.9. The summed E-state index contributed by atoms with van der Waals surface area (Å²) in [5.41, 5.74) is 5.90. The zero-order valence-electron chi connectivity index (χ0n) is 11.5. The molecule has 108 valence electrons. The van der Waals surface area contributed by atoms with Crippen LogP contribution in [0.3, 0.4) is 0 Å². The molecule has 0 aromatic rings. The molecule has 0 amide bonds. The molecule has 0 aliphatic heterocycles. The third-order valence-electron chi connectivity index (χ3n) is 3.40. The van der Waals surface area contributed by atoms with Crippen LogP contribution in [0.25, 0.3) is 0 Å². The maximum atomic E-state index is 11.7. The lowest BCUT2D eigenvalue weighted by atomic mass is 9.92. The minimum absolute atomic E-state index is 0.297. The van der Waals surface area contributed by atoms with Crippen molar-refractivity contribution in [2.24, 2.45) is 11.7 Å². The lowest BCUT2D eigenvalue weighted by Gasteiger charge is -2.28. The van der Waals surface area contributed by atoms with Gasteiger partial charge >= 0.3 is 0 Å². The molecule has 4 N–H and O–H groups in total. The first kappa shape index (κ1) is 15.9. The standard InChI is InChI=1S/C12H27N3O2S/c1-11(2)9-14-18(16,17)15-10-12(13)7-5-3-4-6-8-12/h11,14-15H,3-10,13H2,1-2H3. The Morgan fingerprint density at radius 2 is 1.67 bits per heavy atom. The topological polar surface area (TPSA) is 84.2 Å².